The molecule has 2 aliphatic rings. The molecule has 6 heteroatoms. The number of hydrogen-bond donors (Lipinski definition) is 2. The SMILES string of the molecule is O=c1c(-c2cc(F)cc(F)c2)c(CO)cc2n1CC1CNCC2C1. The molecule has 0 amide bonds. The van der Waals surface area contributed by atoms with Gasteiger partial charge in [0.05, 0.1) is 12.2 Å². The lowest BCUT2D eigenvalue weighted by atomic mass is 9.83. The second-order valence-electron chi connectivity index (χ2n) is 6.66. The van der Waals surface area contributed by atoms with Crippen molar-refractivity contribution in [2.75, 3.05) is 13.1 Å². The first kappa shape index (κ1) is 15.5. The Morgan fingerprint density at radius 3 is 2.62 bits per heavy atom. The standard InChI is InChI=1S/C18H18F2N2O2/c19-14-2-11(3-15(20)5-14)17-13(9-23)4-16-12-1-10(6-21-7-12)8-22(16)18(17)24/h2-5,10,12,21,23H,1,6-9H2. The van der Waals surface area contributed by atoms with Crippen LogP contribution in [0.15, 0.2) is 29.1 Å². The van der Waals surface area contributed by atoms with Gasteiger partial charge in [0.25, 0.3) is 5.56 Å². The van der Waals surface area contributed by atoms with Gasteiger partial charge in [-0.05, 0) is 48.2 Å². The average Bonchev–Trinajstić information content (AvgIpc) is 2.55. The summed E-state index contributed by atoms with van der Waals surface area (Å²) in [5, 5.41) is 13.1. The molecule has 2 unspecified atom stereocenters. The van der Waals surface area contributed by atoms with Gasteiger partial charge in [-0.25, -0.2) is 8.78 Å². The average molecular weight is 332 g/mol. The van der Waals surface area contributed by atoms with Gasteiger partial charge in [0.1, 0.15) is 11.6 Å². The molecule has 1 aromatic carbocycles. The fourth-order valence-electron chi connectivity index (χ4n) is 4.03. The Morgan fingerprint density at radius 1 is 1.17 bits per heavy atom. The first-order chi connectivity index (χ1) is 11.6. The molecule has 24 heavy (non-hydrogen) atoms. The van der Waals surface area contributed by atoms with Crippen LogP contribution >= 0.6 is 0 Å². The minimum absolute atomic E-state index is 0.172. The second kappa shape index (κ2) is 5.79. The zero-order chi connectivity index (χ0) is 16.8. The minimum Gasteiger partial charge on any atom is -0.392 e. The van der Waals surface area contributed by atoms with E-state index in [1.54, 1.807) is 4.57 Å². The van der Waals surface area contributed by atoms with E-state index in [0.29, 0.717) is 18.0 Å². The second-order valence-corrected chi connectivity index (χ2v) is 6.66. The number of aromatic nitrogens is 1. The fraction of sp³-hybridized carbons (Fsp3) is 0.389. The molecule has 126 valence electrons. The maximum Gasteiger partial charge on any atom is 0.259 e. The van der Waals surface area contributed by atoms with E-state index >= 15 is 0 Å². The predicted molar refractivity (Wildman–Crippen MR) is 85.7 cm³/mol. The van der Waals surface area contributed by atoms with Gasteiger partial charge in [-0.2, -0.15) is 0 Å². The van der Waals surface area contributed by atoms with Gasteiger partial charge in [-0.3, -0.25) is 4.79 Å². The molecule has 0 aliphatic carbocycles. The first-order valence-corrected chi connectivity index (χ1v) is 8.11. The maximum absolute atomic E-state index is 13.6. The number of pyridine rings is 1. The number of benzene rings is 1. The van der Waals surface area contributed by atoms with Crippen molar-refractivity contribution in [2.24, 2.45) is 5.92 Å². The molecule has 3 heterocycles. The Labute approximate surface area is 137 Å². The summed E-state index contributed by atoms with van der Waals surface area (Å²) in [6, 6.07) is 4.86. The highest BCUT2D eigenvalue weighted by atomic mass is 19.1. The number of aliphatic hydroxyl groups is 1. The molecule has 2 bridgehead atoms. The Hall–Kier alpha value is -2.05. The predicted octanol–water partition coefficient (Wildman–Crippen LogP) is 1.99. The van der Waals surface area contributed by atoms with Crippen LogP contribution in [0.2, 0.25) is 0 Å². The lowest BCUT2D eigenvalue weighted by Gasteiger charge is -2.38. The zero-order valence-corrected chi connectivity index (χ0v) is 13.1. The van der Waals surface area contributed by atoms with E-state index in [2.05, 4.69) is 5.32 Å². The molecule has 0 saturated carbocycles. The third-order valence-corrected chi connectivity index (χ3v) is 5.04. The van der Waals surface area contributed by atoms with Crippen molar-refractivity contribution in [3.8, 4) is 11.1 Å². The molecule has 0 spiro atoms. The number of nitrogens with one attached hydrogen (secondary N) is 1. The smallest absolute Gasteiger partial charge is 0.259 e. The van der Waals surface area contributed by atoms with Crippen molar-refractivity contribution < 1.29 is 13.9 Å². The summed E-state index contributed by atoms with van der Waals surface area (Å²) in [5.41, 5.74) is 1.39. The van der Waals surface area contributed by atoms with Crippen molar-refractivity contribution >= 4 is 0 Å². The zero-order valence-electron chi connectivity index (χ0n) is 13.1. The van der Waals surface area contributed by atoms with Crippen LogP contribution < -0.4 is 10.9 Å². The largest absolute Gasteiger partial charge is 0.392 e. The van der Waals surface area contributed by atoms with Crippen LogP contribution in [0.1, 0.15) is 23.6 Å². The summed E-state index contributed by atoms with van der Waals surface area (Å²) >= 11 is 0. The van der Waals surface area contributed by atoms with Gasteiger partial charge in [-0.1, -0.05) is 0 Å². The Bertz CT molecular complexity index is 843. The molecule has 2 N–H and O–H groups in total. The number of halogens is 2. The fourth-order valence-corrected chi connectivity index (χ4v) is 4.03. The molecular weight excluding hydrogens is 314 g/mol. The summed E-state index contributed by atoms with van der Waals surface area (Å²) in [6.45, 7) is 1.91. The topological polar surface area (TPSA) is 54.3 Å². The van der Waals surface area contributed by atoms with E-state index in [0.717, 1.165) is 43.4 Å². The quantitative estimate of drug-likeness (QED) is 0.884. The van der Waals surface area contributed by atoms with Gasteiger partial charge in [-0.15, -0.1) is 0 Å². The number of fused-ring (bicyclic) bond motifs is 4. The highest BCUT2D eigenvalue weighted by Gasteiger charge is 2.32. The van der Waals surface area contributed by atoms with Crippen molar-refractivity contribution in [1.82, 2.24) is 9.88 Å². The number of piperidine rings is 1. The molecule has 2 aliphatic heterocycles. The Morgan fingerprint density at radius 2 is 1.92 bits per heavy atom. The molecule has 2 aromatic rings. The lowest BCUT2D eigenvalue weighted by Crippen LogP contribution is -2.45. The molecule has 0 radical (unpaired) electrons. The van der Waals surface area contributed by atoms with E-state index in [9.17, 15) is 18.7 Å². The van der Waals surface area contributed by atoms with Crippen molar-refractivity contribution in [1.29, 1.82) is 0 Å². The summed E-state index contributed by atoms with van der Waals surface area (Å²) in [4.78, 5) is 13.0. The summed E-state index contributed by atoms with van der Waals surface area (Å²) < 4.78 is 28.9. The van der Waals surface area contributed by atoms with Crippen LogP contribution in [0, 0.1) is 17.6 Å². The van der Waals surface area contributed by atoms with Crippen LogP contribution in [0.4, 0.5) is 8.78 Å². The monoisotopic (exact) mass is 332 g/mol. The normalized spacial score (nSPS) is 22.3. The molecule has 1 aromatic heterocycles. The molecule has 1 fully saturated rings. The van der Waals surface area contributed by atoms with Crippen LogP contribution in [-0.4, -0.2) is 22.8 Å². The van der Waals surface area contributed by atoms with Gasteiger partial charge in [0, 0.05) is 30.8 Å². The molecule has 1 saturated heterocycles. The van der Waals surface area contributed by atoms with Gasteiger partial charge < -0.3 is 15.0 Å². The minimum atomic E-state index is -0.739. The van der Waals surface area contributed by atoms with Crippen molar-refractivity contribution in [3.05, 3.63) is 57.5 Å². The van der Waals surface area contributed by atoms with E-state index in [1.807, 2.05) is 6.07 Å². The number of aliphatic hydroxyl groups excluding tert-OH is 1. The highest BCUT2D eigenvalue weighted by molar-refractivity contribution is 5.67. The van der Waals surface area contributed by atoms with Gasteiger partial charge in [0.2, 0.25) is 0 Å². The molecule has 4 rings (SSSR count). The van der Waals surface area contributed by atoms with Crippen LogP contribution in [0.5, 0.6) is 0 Å². The maximum atomic E-state index is 13.6. The first-order valence-electron chi connectivity index (χ1n) is 8.11. The number of hydrogen-bond acceptors (Lipinski definition) is 3. The van der Waals surface area contributed by atoms with Crippen LogP contribution in [0.3, 0.4) is 0 Å². The number of nitrogens with zero attached hydrogens (tertiary/aromatic N) is 1. The Balaban J connectivity index is 1.95. The van der Waals surface area contributed by atoms with Crippen LogP contribution in [-0.2, 0) is 13.2 Å². The molecular formula is C18H18F2N2O2. The van der Waals surface area contributed by atoms with Crippen LogP contribution in [0.25, 0.3) is 11.1 Å². The van der Waals surface area contributed by atoms with E-state index in [-0.39, 0.29) is 29.2 Å². The van der Waals surface area contributed by atoms with E-state index in [1.165, 1.54) is 0 Å². The number of rotatable bonds is 2. The van der Waals surface area contributed by atoms with E-state index < -0.39 is 11.6 Å². The van der Waals surface area contributed by atoms with Gasteiger partial charge in [0.15, 0.2) is 0 Å². The van der Waals surface area contributed by atoms with Gasteiger partial charge >= 0.3 is 0 Å². The van der Waals surface area contributed by atoms with Crippen molar-refractivity contribution in [2.45, 2.75) is 25.5 Å². The highest BCUT2D eigenvalue weighted by Crippen LogP contribution is 2.34. The lowest BCUT2D eigenvalue weighted by molar-refractivity contribution is 0.253. The summed E-state index contributed by atoms with van der Waals surface area (Å²) in [6.07, 6.45) is 1.02. The Kier molecular flexibility index (Phi) is 3.73. The van der Waals surface area contributed by atoms with Crippen molar-refractivity contribution in [3.63, 3.8) is 0 Å². The third kappa shape index (κ3) is 2.46. The summed E-state index contributed by atoms with van der Waals surface area (Å²) in [5.74, 6) is -0.867. The molecule has 4 nitrogen and oxygen atoms in total. The third-order valence-electron chi connectivity index (χ3n) is 5.04. The summed E-state index contributed by atoms with van der Waals surface area (Å²) in [7, 11) is 0. The molecule has 2 atom stereocenters. The van der Waals surface area contributed by atoms with E-state index in [4.69, 9.17) is 0 Å².